The van der Waals surface area contributed by atoms with E-state index in [1.165, 1.54) is 88.2 Å². The molecule has 3 aliphatic carbocycles. The monoisotopic (exact) mass is 398 g/mol. The van der Waals surface area contributed by atoms with Gasteiger partial charge in [0, 0.05) is 0 Å². The number of aryl methyl sites for hydroxylation is 1. The van der Waals surface area contributed by atoms with E-state index in [2.05, 4.69) is 38.1 Å². The zero-order chi connectivity index (χ0) is 20.2. The van der Waals surface area contributed by atoms with Gasteiger partial charge in [0.25, 0.3) is 0 Å². The van der Waals surface area contributed by atoms with Crippen molar-refractivity contribution in [3.05, 3.63) is 35.4 Å². The predicted octanol–water partition coefficient (Wildman–Crippen LogP) is 7.76. The van der Waals surface area contributed by atoms with Gasteiger partial charge in [-0.15, -0.1) is 0 Å². The smallest absolute Gasteiger partial charge is 0.0983 e. The van der Waals surface area contributed by atoms with E-state index in [1.807, 2.05) is 0 Å². The van der Waals surface area contributed by atoms with Gasteiger partial charge in [-0.3, -0.25) is 5.26 Å². The summed E-state index contributed by atoms with van der Waals surface area (Å²) in [4.78, 5) is 5.18. The normalized spacial score (nSPS) is 37.2. The van der Waals surface area contributed by atoms with Crippen LogP contribution in [0.5, 0.6) is 0 Å². The van der Waals surface area contributed by atoms with Gasteiger partial charge < -0.3 is 0 Å². The molecule has 0 saturated heterocycles. The van der Waals surface area contributed by atoms with Gasteiger partial charge in [0.05, 0.1) is 6.10 Å². The molecule has 0 bridgehead atoms. The van der Waals surface area contributed by atoms with Crippen LogP contribution in [0.15, 0.2) is 24.3 Å². The fourth-order valence-electron chi connectivity index (χ4n) is 6.88. The van der Waals surface area contributed by atoms with E-state index < -0.39 is 0 Å². The number of rotatable bonds is 5. The molecule has 0 heterocycles. The highest BCUT2D eigenvalue weighted by Gasteiger charge is 2.38. The van der Waals surface area contributed by atoms with Gasteiger partial charge >= 0.3 is 0 Å². The van der Waals surface area contributed by atoms with Gasteiger partial charge in [-0.25, -0.2) is 4.89 Å². The number of benzene rings is 1. The molecule has 2 nitrogen and oxygen atoms in total. The van der Waals surface area contributed by atoms with Crippen LogP contribution in [0.2, 0.25) is 0 Å². The number of hydrogen-bond acceptors (Lipinski definition) is 2. The van der Waals surface area contributed by atoms with E-state index >= 15 is 0 Å². The molecular formula is C27H42O2. The molecule has 0 radical (unpaired) electrons. The van der Waals surface area contributed by atoms with Crippen LogP contribution >= 0.6 is 0 Å². The Bertz CT molecular complexity index is 600. The van der Waals surface area contributed by atoms with Crippen molar-refractivity contribution in [2.24, 2.45) is 29.6 Å². The summed E-state index contributed by atoms with van der Waals surface area (Å²) >= 11 is 0. The SMILES string of the molecule is Cc1ccc(C2CCC(C(OO)C3CCC(C4CCC(C)CC4)CC3)CC2)cc1. The van der Waals surface area contributed by atoms with E-state index in [1.54, 1.807) is 0 Å². The Hall–Kier alpha value is -0.860. The molecule has 1 atom stereocenters. The van der Waals surface area contributed by atoms with E-state index in [0.29, 0.717) is 17.8 Å². The third-order valence-electron chi connectivity index (χ3n) is 8.92. The fourth-order valence-corrected chi connectivity index (χ4v) is 6.88. The zero-order valence-electron chi connectivity index (χ0n) is 18.7. The van der Waals surface area contributed by atoms with Gasteiger partial charge in [-0.1, -0.05) is 49.6 Å². The highest BCUT2D eigenvalue weighted by Crippen LogP contribution is 2.45. The quantitative estimate of drug-likeness (QED) is 0.405. The molecule has 0 aliphatic heterocycles. The lowest BCUT2D eigenvalue weighted by Gasteiger charge is -2.41. The van der Waals surface area contributed by atoms with Gasteiger partial charge in [-0.2, -0.15) is 0 Å². The van der Waals surface area contributed by atoms with Crippen molar-refractivity contribution in [1.29, 1.82) is 0 Å². The summed E-state index contributed by atoms with van der Waals surface area (Å²) < 4.78 is 0. The lowest BCUT2D eigenvalue weighted by Crippen LogP contribution is -2.37. The molecule has 3 fully saturated rings. The van der Waals surface area contributed by atoms with Crippen LogP contribution in [0, 0.1) is 36.5 Å². The van der Waals surface area contributed by atoms with Gasteiger partial charge in [-0.05, 0) is 112 Å². The van der Waals surface area contributed by atoms with Crippen LogP contribution in [0.1, 0.15) is 101 Å². The summed E-state index contributed by atoms with van der Waals surface area (Å²) in [5.41, 5.74) is 2.84. The molecule has 1 unspecified atom stereocenters. The molecule has 3 aliphatic rings. The van der Waals surface area contributed by atoms with Gasteiger partial charge in [0.15, 0.2) is 0 Å². The molecule has 0 spiro atoms. The third kappa shape index (κ3) is 5.25. The molecule has 162 valence electrons. The molecule has 2 heteroatoms. The lowest BCUT2D eigenvalue weighted by atomic mass is 9.66. The van der Waals surface area contributed by atoms with Crippen molar-refractivity contribution in [3.8, 4) is 0 Å². The van der Waals surface area contributed by atoms with E-state index in [9.17, 15) is 5.26 Å². The second kappa shape index (κ2) is 9.96. The van der Waals surface area contributed by atoms with Gasteiger partial charge in [0.2, 0.25) is 0 Å². The summed E-state index contributed by atoms with van der Waals surface area (Å²) in [5.74, 6) is 4.67. The first kappa shape index (κ1) is 21.4. The summed E-state index contributed by atoms with van der Waals surface area (Å²) in [7, 11) is 0. The summed E-state index contributed by atoms with van der Waals surface area (Å²) in [5, 5.41) is 9.79. The van der Waals surface area contributed by atoms with Crippen molar-refractivity contribution in [1.82, 2.24) is 0 Å². The van der Waals surface area contributed by atoms with Crippen LogP contribution in [-0.4, -0.2) is 11.4 Å². The van der Waals surface area contributed by atoms with Crippen LogP contribution in [0.25, 0.3) is 0 Å². The maximum Gasteiger partial charge on any atom is 0.0983 e. The first-order valence-corrected chi connectivity index (χ1v) is 12.5. The first-order chi connectivity index (χ1) is 14.1. The third-order valence-corrected chi connectivity index (χ3v) is 8.92. The lowest BCUT2D eigenvalue weighted by molar-refractivity contribution is -0.306. The minimum absolute atomic E-state index is 0.0706. The summed E-state index contributed by atoms with van der Waals surface area (Å²) in [6.45, 7) is 4.58. The Kier molecular flexibility index (Phi) is 7.34. The van der Waals surface area contributed by atoms with Crippen LogP contribution in [0.3, 0.4) is 0 Å². The van der Waals surface area contributed by atoms with Crippen molar-refractivity contribution in [3.63, 3.8) is 0 Å². The highest BCUT2D eigenvalue weighted by molar-refractivity contribution is 5.24. The van der Waals surface area contributed by atoms with Crippen molar-refractivity contribution in [2.45, 2.75) is 103 Å². The Morgan fingerprint density at radius 1 is 0.724 bits per heavy atom. The number of hydrogen-bond donors (Lipinski definition) is 1. The van der Waals surface area contributed by atoms with Crippen molar-refractivity contribution in [2.75, 3.05) is 0 Å². The van der Waals surface area contributed by atoms with Crippen LogP contribution in [0.4, 0.5) is 0 Å². The molecule has 0 amide bonds. The van der Waals surface area contributed by atoms with E-state index in [0.717, 1.165) is 17.8 Å². The van der Waals surface area contributed by atoms with E-state index in [-0.39, 0.29) is 6.10 Å². The average Bonchev–Trinajstić information content (AvgIpc) is 2.76. The first-order valence-electron chi connectivity index (χ1n) is 12.5. The van der Waals surface area contributed by atoms with E-state index in [4.69, 9.17) is 4.89 Å². The molecule has 4 rings (SSSR count). The molecule has 0 aromatic heterocycles. The summed E-state index contributed by atoms with van der Waals surface area (Å²) in [6, 6.07) is 9.11. The largest absolute Gasteiger partial charge is 0.252 e. The molecular weight excluding hydrogens is 356 g/mol. The maximum atomic E-state index is 9.79. The average molecular weight is 399 g/mol. The fraction of sp³-hybridized carbons (Fsp3) is 0.778. The Balaban J connectivity index is 1.26. The highest BCUT2D eigenvalue weighted by atomic mass is 17.1. The molecule has 3 saturated carbocycles. The van der Waals surface area contributed by atoms with Crippen LogP contribution in [-0.2, 0) is 4.89 Å². The van der Waals surface area contributed by atoms with Crippen molar-refractivity contribution < 1.29 is 10.1 Å². The minimum atomic E-state index is 0.0706. The second-order valence-corrected chi connectivity index (χ2v) is 10.8. The standard InChI is InChI=1S/C27H42O2/c1-19-3-7-21(8-4-19)23-11-15-25(16-12-23)27(29-28)26-17-13-24(14-18-26)22-9-5-20(2)6-10-22/h3-4,7-8,20,22-28H,5-6,9-18H2,1-2H3. The molecule has 1 aromatic carbocycles. The van der Waals surface area contributed by atoms with Crippen LogP contribution < -0.4 is 0 Å². The van der Waals surface area contributed by atoms with Gasteiger partial charge in [0.1, 0.15) is 0 Å². The molecule has 1 N–H and O–H groups in total. The molecule has 1 aromatic rings. The van der Waals surface area contributed by atoms with Crippen molar-refractivity contribution >= 4 is 0 Å². The zero-order valence-corrected chi connectivity index (χ0v) is 18.7. The second-order valence-electron chi connectivity index (χ2n) is 10.8. The minimum Gasteiger partial charge on any atom is -0.252 e. The molecule has 29 heavy (non-hydrogen) atoms. The Labute approximate surface area is 178 Å². The summed E-state index contributed by atoms with van der Waals surface area (Å²) in [6.07, 6.45) is 16.0. The Morgan fingerprint density at radius 2 is 1.21 bits per heavy atom. The Morgan fingerprint density at radius 3 is 1.72 bits per heavy atom. The predicted molar refractivity (Wildman–Crippen MR) is 120 cm³/mol. The maximum absolute atomic E-state index is 9.79. The topological polar surface area (TPSA) is 29.5 Å².